The number of hydrogen-bond acceptors (Lipinski definition) is 3. The molecule has 0 unspecified atom stereocenters. The number of nitrogens with two attached hydrogens (primary N) is 1. The normalized spacial score (nSPS) is 17.2. The SMILES string of the molecule is CC(C)[C@H](N)CNS(=O)(=O)C(F)(F)C(F)(F)C(F)(F)C(F)(F)C(F)(F)C(F)(F)C(F)(F)C(F)(F)F. The van der Waals surface area contributed by atoms with Crippen molar-refractivity contribution < 1.29 is 83.1 Å². The molecular formula is C13H13F17N2O2S. The lowest BCUT2D eigenvalue weighted by Crippen LogP contribution is -2.75. The molecule has 0 rings (SSSR count). The minimum absolute atomic E-state index is 0.458. The van der Waals surface area contributed by atoms with E-state index in [1.165, 1.54) is 13.8 Å². The summed E-state index contributed by atoms with van der Waals surface area (Å²) in [5, 5.41) is -7.58. The zero-order valence-electron chi connectivity index (χ0n) is 16.6. The van der Waals surface area contributed by atoms with Gasteiger partial charge in [0.25, 0.3) is 10.0 Å². The number of hydrogen-bond donors (Lipinski definition) is 2. The number of halogens is 17. The Balaban J connectivity index is 6.75. The molecule has 0 radical (unpaired) electrons. The summed E-state index contributed by atoms with van der Waals surface area (Å²) in [4.78, 5) is 0. The van der Waals surface area contributed by atoms with E-state index in [2.05, 4.69) is 0 Å². The van der Waals surface area contributed by atoms with E-state index in [1.807, 2.05) is 0 Å². The minimum atomic E-state index is -8.85. The van der Waals surface area contributed by atoms with Gasteiger partial charge >= 0.3 is 47.0 Å². The second kappa shape index (κ2) is 8.91. The highest BCUT2D eigenvalue weighted by atomic mass is 32.2. The zero-order valence-corrected chi connectivity index (χ0v) is 17.4. The molecule has 1 atom stereocenters. The van der Waals surface area contributed by atoms with Gasteiger partial charge in [-0.15, -0.1) is 0 Å². The molecular weight excluding hydrogens is 571 g/mol. The summed E-state index contributed by atoms with van der Waals surface area (Å²) in [5.74, 6) is -52.5. The molecule has 22 heteroatoms. The molecule has 0 aliphatic carbocycles. The Morgan fingerprint density at radius 3 is 1.17 bits per heavy atom. The maximum atomic E-state index is 13.7. The molecule has 0 aliphatic heterocycles. The average Bonchev–Trinajstić information content (AvgIpc) is 2.63. The van der Waals surface area contributed by atoms with Crippen molar-refractivity contribution in [2.75, 3.05) is 6.54 Å². The Morgan fingerprint density at radius 1 is 0.600 bits per heavy atom. The van der Waals surface area contributed by atoms with Gasteiger partial charge in [-0.05, 0) is 5.92 Å². The highest BCUT2D eigenvalue weighted by Crippen LogP contribution is 2.64. The molecule has 0 amide bonds. The van der Waals surface area contributed by atoms with Gasteiger partial charge in [-0.25, -0.2) is 13.1 Å². The minimum Gasteiger partial charge on any atom is -0.326 e. The topological polar surface area (TPSA) is 72.2 Å². The molecule has 0 aromatic rings. The van der Waals surface area contributed by atoms with Crippen LogP contribution >= 0.6 is 0 Å². The van der Waals surface area contributed by atoms with Gasteiger partial charge < -0.3 is 5.73 Å². The van der Waals surface area contributed by atoms with E-state index in [1.54, 1.807) is 0 Å². The Bertz CT molecular complexity index is 866. The van der Waals surface area contributed by atoms with E-state index >= 15 is 0 Å². The standard InChI is InChI=1S/C13H13F17N2O2S/c1-4(2)5(31)3-32-35(33,34)13(29,30)11(24,25)9(20,21)7(16,17)6(14,15)8(18,19)10(22,23)12(26,27)28/h4-5,32H,3,31H2,1-2H3/t5-/m1/s1. The highest BCUT2D eigenvalue weighted by molar-refractivity contribution is 7.90. The third kappa shape index (κ3) is 4.73. The first kappa shape index (κ1) is 33.7. The Hall–Kier alpha value is -1.32. The van der Waals surface area contributed by atoms with Crippen molar-refractivity contribution in [2.45, 2.75) is 66.9 Å². The summed E-state index contributed by atoms with van der Waals surface area (Å²) >= 11 is 0. The molecule has 0 aliphatic rings. The first-order valence-electron chi connectivity index (χ1n) is 8.29. The first-order chi connectivity index (χ1) is 14.8. The van der Waals surface area contributed by atoms with E-state index in [4.69, 9.17) is 5.73 Å². The fraction of sp³-hybridized carbons (Fsp3) is 1.00. The molecule has 0 aromatic heterocycles. The fourth-order valence-electron chi connectivity index (χ4n) is 1.85. The van der Waals surface area contributed by atoms with Crippen molar-refractivity contribution in [3.05, 3.63) is 0 Å². The molecule has 3 N–H and O–H groups in total. The van der Waals surface area contributed by atoms with Crippen molar-refractivity contribution in [3.63, 3.8) is 0 Å². The summed E-state index contributed by atoms with van der Waals surface area (Å²) < 4.78 is 246. The summed E-state index contributed by atoms with van der Waals surface area (Å²) in [6, 6.07) is -1.54. The van der Waals surface area contributed by atoms with E-state index in [9.17, 15) is 83.1 Å². The molecule has 0 saturated heterocycles. The molecule has 0 aromatic carbocycles. The highest BCUT2D eigenvalue weighted by Gasteiger charge is 2.96. The van der Waals surface area contributed by atoms with Crippen molar-refractivity contribution in [2.24, 2.45) is 11.7 Å². The smallest absolute Gasteiger partial charge is 0.326 e. The van der Waals surface area contributed by atoms with Crippen LogP contribution in [0.25, 0.3) is 0 Å². The maximum Gasteiger partial charge on any atom is 0.460 e. The molecule has 35 heavy (non-hydrogen) atoms. The van der Waals surface area contributed by atoms with Crippen LogP contribution < -0.4 is 10.5 Å². The third-order valence-electron chi connectivity index (χ3n) is 4.40. The average molecular weight is 584 g/mol. The Morgan fingerprint density at radius 2 is 0.886 bits per heavy atom. The summed E-state index contributed by atoms with van der Waals surface area (Å²) in [6.45, 7) is 0.846. The van der Waals surface area contributed by atoms with E-state index in [-0.39, 0.29) is 0 Å². The van der Waals surface area contributed by atoms with Gasteiger partial charge in [0.2, 0.25) is 0 Å². The van der Waals surface area contributed by atoms with Gasteiger partial charge in [-0.3, -0.25) is 0 Å². The predicted molar refractivity (Wildman–Crippen MR) is 80.4 cm³/mol. The van der Waals surface area contributed by atoms with Crippen LogP contribution in [0.5, 0.6) is 0 Å². The molecule has 212 valence electrons. The van der Waals surface area contributed by atoms with Crippen LogP contribution in [-0.2, 0) is 10.0 Å². The summed E-state index contributed by atoms with van der Waals surface area (Å²) in [7, 11) is -7.31. The second-order valence-corrected chi connectivity index (χ2v) is 9.03. The van der Waals surface area contributed by atoms with Crippen molar-refractivity contribution in [1.82, 2.24) is 4.72 Å². The fourth-order valence-corrected chi connectivity index (χ4v) is 2.91. The molecule has 0 heterocycles. The number of sulfonamides is 1. The zero-order chi connectivity index (χ0) is 29.1. The Labute approximate surface area is 184 Å². The van der Waals surface area contributed by atoms with Crippen LogP contribution in [0.15, 0.2) is 0 Å². The van der Waals surface area contributed by atoms with Gasteiger partial charge in [-0.2, -0.15) is 74.6 Å². The van der Waals surface area contributed by atoms with Crippen LogP contribution in [0, 0.1) is 5.92 Å². The molecule has 0 spiro atoms. The molecule has 4 nitrogen and oxygen atoms in total. The third-order valence-corrected chi connectivity index (χ3v) is 5.87. The quantitative estimate of drug-likeness (QED) is 0.341. The van der Waals surface area contributed by atoms with Crippen LogP contribution in [0.4, 0.5) is 74.6 Å². The summed E-state index contributed by atoms with van der Waals surface area (Å²) in [6.07, 6.45) is -7.87. The number of nitrogens with one attached hydrogen (secondary N) is 1. The second-order valence-electron chi connectivity index (χ2n) is 7.22. The van der Waals surface area contributed by atoms with Crippen LogP contribution in [0.3, 0.4) is 0 Å². The predicted octanol–water partition coefficient (Wildman–Crippen LogP) is 4.86. The van der Waals surface area contributed by atoms with E-state index in [0.717, 1.165) is 0 Å². The lowest BCUT2D eigenvalue weighted by molar-refractivity contribution is -0.458. The molecule has 0 bridgehead atoms. The molecule has 0 fully saturated rings. The monoisotopic (exact) mass is 584 g/mol. The summed E-state index contributed by atoms with van der Waals surface area (Å²) in [5.41, 5.74) is 5.14. The maximum absolute atomic E-state index is 13.7. The van der Waals surface area contributed by atoms with Gasteiger partial charge in [0, 0.05) is 12.6 Å². The van der Waals surface area contributed by atoms with E-state index < -0.39 is 75.5 Å². The number of alkyl halides is 17. The van der Waals surface area contributed by atoms with Crippen molar-refractivity contribution in [1.29, 1.82) is 0 Å². The Kier molecular flexibility index (Phi) is 8.57. The van der Waals surface area contributed by atoms with Crippen molar-refractivity contribution >= 4 is 10.0 Å². The van der Waals surface area contributed by atoms with Gasteiger partial charge in [0.05, 0.1) is 0 Å². The van der Waals surface area contributed by atoms with Crippen LogP contribution in [0.2, 0.25) is 0 Å². The number of rotatable bonds is 11. The van der Waals surface area contributed by atoms with Gasteiger partial charge in [-0.1, -0.05) is 13.8 Å². The van der Waals surface area contributed by atoms with E-state index in [0.29, 0.717) is 4.72 Å². The molecule has 0 saturated carbocycles. The van der Waals surface area contributed by atoms with Gasteiger partial charge in [0.1, 0.15) is 0 Å². The first-order valence-corrected chi connectivity index (χ1v) is 9.77. The van der Waals surface area contributed by atoms with Crippen LogP contribution in [-0.4, -0.2) is 68.0 Å². The van der Waals surface area contributed by atoms with Crippen molar-refractivity contribution in [3.8, 4) is 0 Å². The van der Waals surface area contributed by atoms with Gasteiger partial charge in [0.15, 0.2) is 0 Å². The lowest BCUT2D eigenvalue weighted by Gasteiger charge is -2.42. The lowest BCUT2D eigenvalue weighted by atomic mass is 9.91. The largest absolute Gasteiger partial charge is 0.460 e. The van der Waals surface area contributed by atoms with Crippen LogP contribution in [0.1, 0.15) is 13.8 Å².